The highest BCUT2D eigenvalue weighted by molar-refractivity contribution is 6.07. The Morgan fingerprint density at radius 2 is 2.00 bits per heavy atom. The van der Waals surface area contributed by atoms with Gasteiger partial charge in [0, 0.05) is 13.1 Å². The zero-order chi connectivity index (χ0) is 15.0. The number of imide groups is 1. The van der Waals surface area contributed by atoms with Gasteiger partial charge < -0.3 is 16.0 Å². The second-order valence-corrected chi connectivity index (χ2v) is 5.95. The predicted molar refractivity (Wildman–Crippen MR) is 72.7 cm³/mol. The SMILES string of the molecule is CCCC(C)(N)C(=O)N1CCC2(CC1)NC(=O)NC2=O. The summed E-state index contributed by atoms with van der Waals surface area (Å²) in [5, 5.41) is 4.93. The molecule has 0 aliphatic carbocycles. The number of urea groups is 1. The fourth-order valence-corrected chi connectivity index (χ4v) is 2.96. The fourth-order valence-electron chi connectivity index (χ4n) is 2.96. The molecular formula is C13H22N4O3. The first kappa shape index (κ1) is 14.8. The zero-order valence-corrected chi connectivity index (χ0v) is 12.0. The van der Waals surface area contributed by atoms with Crippen LogP contribution >= 0.6 is 0 Å². The molecule has 0 saturated carbocycles. The first-order valence-corrected chi connectivity index (χ1v) is 7.02. The van der Waals surface area contributed by atoms with Crippen LogP contribution in [0.5, 0.6) is 0 Å². The van der Waals surface area contributed by atoms with E-state index in [0.29, 0.717) is 32.4 Å². The molecule has 2 aliphatic rings. The van der Waals surface area contributed by atoms with Crippen molar-refractivity contribution in [2.45, 2.75) is 50.6 Å². The third-order valence-electron chi connectivity index (χ3n) is 4.18. The van der Waals surface area contributed by atoms with Gasteiger partial charge in [0.25, 0.3) is 5.91 Å². The number of nitrogens with one attached hydrogen (secondary N) is 2. The van der Waals surface area contributed by atoms with E-state index in [0.717, 1.165) is 6.42 Å². The highest BCUT2D eigenvalue weighted by atomic mass is 16.2. The number of amides is 4. The molecular weight excluding hydrogens is 260 g/mol. The number of carbonyl (C=O) groups excluding carboxylic acids is 3. The number of nitrogens with two attached hydrogens (primary N) is 1. The number of hydrogen-bond donors (Lipinski definition) is 3. The molecule has 0 aromatic heterocycles. The van der Waals surface area contributed by atoms with Crippen LogP contribution in [-0.4, -0.2) is 46.9 Å². The van der Waals surface area contributed by atoms with Crippen LogP contribution in [0.4, 0.5) is 4.79 Å². The molecule has 1 unspecified atom stereocenters. The van der Waals surface area contributed by atoms with Crippen molar-refractivity contribution in [3.05, 3.63) is 0 Å². The quantitative estimate of drug-likeness (QED) is 0.618. The molecule has 2 fully saturated rings. The Morgan fingerprint density at radius 1 is 1.40 bits per heavy atom. The Morgan fingerprint density at radius 3 is 2.45 bits per heavy atom. The van der Waals surface area contributed by atoms with Crippen molar-refractivity contribution in [3.8, 4) is 0 Å². The van der Waals surface area contributed by atoms with E-state index < -0.39 is 17.1 Å². The van der Waals surface area contributed by atoms with Crippen LogP contribution in [0.15, 0.2) is 0 Å². The van der Waals surface area contributed by atoms with Gasteiger partial charge >= 0.3 is 6.03 Å². The largest absolute Gasteiger partial charge is 0.341 e. The average molecular weight is 282 g/mol. The highest BCUT2D eigenvalue weighted by Gasteiger charge is 2.49. The number of piperidine rings is 1. The molecule has 7 heteroatoms. The number of rotatable bonds is 3. The molecule has 2 aliphatic heterocycles. The average Bonchev–Trinajstić information content (AvgIpc) is 2.64. The van der Waals surface area contributed by atoms with Gasteiger partial charge in [0.1, 0.15) is 5.54 Å². The van der Waals surface area contributed by atoms with E-state index in [-0.39, 0.29) is 11.8 Å². The van der Waals surface area contributed by atoms with Crippen LogP contribution in [0.25, 0.3) is 0 Å². The molecule has 2 rings (SSSR count). The number of hydrogen-bond acceptors (Lipinski definition) is 4. The van der Waals surface area contributed by atoms with Gasteiger partial charge in [0.15, 0.2) is 0 Å². The summed E-state index contributed by atoms with van der Waals surface area (Å²) in [5.41, 5.74) is 4.35. The van der Waals surface area contributed by atoms with Crippen LogP contribution < -0.4 is 16.4 Å². The zero-order valence-electron chi connectivity index (χ0n) is 12.0. The molecule has 20 heavy (non-hydrogen) atoms. The summed E-state index contributed by atoms with van der Waals surface area (Å²) in [7, 11) is 0. The third kappa shape index (κ3) is 2.49. The van der Waals surface area contributed by atoms with Gasteiger partial charge in [0.2, 0.25) is 5.91 Å². The van der Waals surface area contributed by atoms with Crippen molar-refractivity contribution < 1.29 is 14.4 Å². The van der Waals surface area contributed by atoms with E-state index in [2.05, 4.69) is 10.6 Å². The van der Waals surface area contributed by atoms with E-state index in [1.54, 1.807) is 11.8 Å². The van der Waals surface area contributed by atoms with Gasteiger partial charge in [-0.1, -0.05) is 13.3 Å². The molecule has 0 bridgehead atoms. The molecule has 1 atom stereocenters. The Balaban J connectivity index is 2.00. The maximum Gasteiger partial charge on any atom is 0.322 e. The minimum absolute atomic E-state index is 0.0843. The number of nitrogens with zero attached hydrogens (tertiary/aromatic N) is 1. The van der Waals surface area contributed by atoms with Crippen molar-refractivity contribution in [1.29, 1.82) is 0 Å². The van der Waals surface area contributed by atoms with E-state index in [4.69, 9.17) is 5.73 Å². The maximum atomic E-state index is 12.4. The number of carbonyl (C=O) groups is 3. The second kappa shape index (κ2) is 5.05. The summed E-state index contributed by atoms with van der Waals surface area (Å²) in [6.45, 7) is 4.60. The standard InChI is InChI=1S/C13H22N4O3/c1-3-4-12(2,14)10(19)17-7-5-13(6-8-17)9(18)15-11(20)16-13/h3-8,14H2,1-2H3,(H2,15,16,18,20). The highest BCUT2D eigenvalue weighted by Crippen LogP contribution is 2.27. The molecule has 0 aromatic rings. The maximum absolute atomic E-state index is 12.4. The summed E-state index contributed by atoms with van der Waals surface area (Å²) in [5.74, 6) is -0.377. The lowest BCUT2D eigenvalue weighted by Crippen LogP contribution is -2.60. The van der Waals surface area contributed by atoms with Gasteiger partial charge in [-0.05, 0) is 26.2 Å². The van der Waals surface area contributed by atoms with E-state index in [1.165, 1.54) is 0 Å². The van der Waals surface area contributed by atoms with Crippen LogP contribution in [0.1, 0.15) is 39.5 Å². The van der Waals surface area contributed by atoms with E-state index in [9.17, 15) is 14.4 Å². The fraction of sp³-hybridized carbons (Fsp3) is 0.769. The van der Waals surface area contributed by atoms with Crippen molar-refractivity contribution in [1.82, 2.24) is 15.5 Å². The summed E-state index contributed by atoms with van der Waals surface area (Å²) in [6.07, 6.45) is 2.33. The first-order chi connectivity index (χ1) is 9.31. The topological polar surface area (TPSA) is 105 Å². The molecule has 7 nitrogen and oxygen atoms in total. The number of likely N-dealkylation sites (tertiary alicyclic amines) is 1. The minimum atomic E-state index is -0.861. The summed E-state index contributed by atoms with van der Waals surface area (Å²) in [6, 6.07) is -0.454. The Bertz CT molecular complexity index is 439. The lowest BCUT2D eigenvalue weighted by molar-refractivity contribution is -0.140. The monoisotopic (exact) mass is 282 g/mol. The molecule has 0 radical (unpaired) electrons. The van der Waals surface area contributed by atoms with Crippen LogP contribution in [0.3, 0.4) is 0 Å². The molecule has 112 valence electrons. The first-order valence-electron chi connectivity index (χ1n) is 7.02. The van der Waals surface area contributed by atoms with Gasteiger partial charge in [0.05, 0.1) is 5.54 Å². The van der Waals surface area contributed by atoms with Gasteiger partial charge in [-0.25, -0.2) is 4.79 Å². The smallest absolute Gasteiger partial charge is 0.322 e. The predicted octanol–water partition coefficient (Wildman–Crippen LogP) is -0.295. The second-order valence-electron chi connectivity index (χ2n) is 5.95. The Labute approximate surface area is 118 Å². The third-order valence-corrected chi connectivity index (χ3v) is 4.18. The lowest BCUT2D eigenvalue weighted by Gasteiger charge is -2.40. The molecule has 4 amide bonds. The molecule has 0 aromatic carbocycles. The van der Waals surface area contributed by atoms with Crippen molar-refractivity contribution >= 4 is 17.8 Å². The summed E-state index contributed by atoms with van der Waals surface area (Å²) >= 11 is 0. The normalized spacial score (nSPS) is 24.2. The minimum Gasteiger partial charge on any atom is -0.341 e. The van der Waals surface area contributed by atoms with Gasteiger partial charge in [-0.3, -0.25) is 14.9 Å². The summed E-state index contributed by atoms with van der Waals surface area (Å²) < 4.78 is 0. The van der Waals surface area contributed by atoms with Crippen molar-refractivity contribution in [2.75, 3.05) is 13.1 Å². The van der Waals surface area contributed by atoms with Crippen molar-refractivity contribution in [2.24, 2.45) is 5.73 Å². The van der Waals surface area contributed by atoms with Gasteiger partial charge in [-0.15, -0.1) is 0 Å². The Hall–Kier alpha value is -1.63. The van der Waals surface area contributed by atoms with Gasteiger partial charge in [-0.2, -0.15) is 0 Å². The van der Waals surface area contributed by atoms with Crippen LogP contribution in [0, 0.1) is 0 Å². The summed E-state index contributed by atoms with van der Waals surface area (Å²) in [4.78, 5) is 37.1. The van der Waals surface area contributed by atoms with E-state index in [1.807, 2.05) is 6.92 Å². The molecule has 2 heterocycles. The molecule has 4 N–H and O–H groups in total. The Kier molecular flexibility index (Phi) is 3.73. The molecule has 2 saturated heterocycles. The lowest BCUT2D eigenvalue weighted by atomic mass is 9.86. The van der Waals surface area contributed by atoms with Crippen LogP contribution in [-0.2, 0) is 9.59 Å². The van der Waals surface area contributed by atoms with E-state index >= 15 is 0 Å². The van der Waals surface area contributed by atoms with Crippen molar-refractivity contribution in [3.63, 3.8) is 0 Å². The van der Waals surface area contributed by atoms with Crippen LogP contribution in [0.2, 0.25) is 0 Å². The molecule has 1 spiro atoms.